The molecule has 6 nitrogen and oxygen atoms in total. The largest absolute Gasteiger partial charge is 0.454 e. The van der Waals surface area contributed by atoms with E-state index in [4.69, 9.17) is 16.3 Å². The fourth-order valence-corrected chi connectivity index (χ4v) is 4.21. The van der Waals surface area contributed by atoms with E-state index in [-0.39, 0.29) is 5.78 Å². The van der Waals surface area contributed by atoms with E-state index in [0.29, 0.717) is 35.7 Å². The predicted molar refractivity (Wildman–Crippen MR) is 113 cm³/mol. The summed E-state index contributed by atoms with van der Waals surface area (Å²) in [5, 5.41) is 0.597. The first-order valence-corrected chi connectivity index (χ1v) is 11.2. The van der Waals surface area contributed by atoms with Crippen molar-refractivity contribution in [3.05, 3.63) is 70.3 Å². The number of hydrogen-bond donors (Lipinski definition) is 0. The molecular weight excluding hydrogens is 414 g/mol. The number of Topliss-reactive ketones (excluding diaryl/α,β-unsaturated/α-hetero) is 1. The molecule has 0 amide bonds. The molecule has 3 rings (SSSR count). The molecule has 152 valence electrons. The van der Waals surface area contributed by atoms with Crippen LogP contribution in [0.3, 0.4) is 0 Å². The molecule has 8 heteroatoms. The Bertz CT molecular complexity index is 1060. The summed E-state index contributed by atoms with van der Waals surface area (Å²) in [7, 11) is -3.36. The summed E-state index contributed by atoms with van der Waals surface area (Å²) in [4.78, 5) is 24.2. The molecule has 2 aromatic rings. The number of carbonyl (C=O) groups is 2. The summed E-state index contributed by atoms with van der Waals surface area (Å²) in [6, 6.07) is 11.8. The van der Waals surface area contributed by atoms with Gasteiger partial charge in [-0.1, -0.05) is 23.7 Å². The fraction of sp³-hybridized carbons (Fsp3) is 0.238. The first kappa shape index (κ1) is 21.1. The van der Waals surface area contributed by atoms with Crippen molar-refractivity contribution in [2.24, 2.45) is 0 Å². The van der Waals surface area contributed by atoms with E-state index < -0.39 is 22.6 Å². The normalized spacial score (nSPS) is 13.9. The third-order valence-corrected chi connectivity index (χ3v) is 5.94. The molecule has 0 saturated carbocycles. The third-order valence-electron chi connectivity index (χ3n) is 4.51. The molecule has 1 aliphatic rings. The number of sulfonamides is 1. The number of rotatable bonds is 6. The number of anilines is 1. The van der Waals surface area contributed by atoms with Crippen LogP contribution in [-0.2, 0) is 26.0 Å². The fourth-order valence-electron chi connectivity index (χ4n) is 3.09. The Kier molecular flexibility index (Phi) is 6.39. The van der Waals surface area contributed by atoms with Crippen LogP contribution in [0, 0.1) is 0 Å². The van der Waals surface area contributed by atoms with Crippen LogP contribution < -0.4 is 4.31 Å². The van der Waals surface area contributed by atoms with E-state index in [9.17, 15) is 18.0 Å². The van der Waals surface area contributed by atoms with E-state index in [1.807, 2.05) is 0 Å². The lowest BCUT2D eigenvalue weighted by Gasteiger charge is -2.29. The van der Waals surface area contributed by atoms with Crippen LogP contribution in [0.4, 0.5) is 5.69 Å². The van der Waals surface area contributed by atoms with Crippen LogP contribution in [0.1, 0.15) is 27.9 Å². The highest BCUT2D eigenvalue weighted by Crippen LogP contribution is 2.30. The van der Waals surface area contributed by atoms with Crippen molar-refractivity contribution in [1.82, 2.24) is 0 Å². The molecule has 0 radical (unpaired) electrons. The molecule has 0 spiro atoms. The first-order chi connectivity index (χ1) is 13.7. The lowest BCUT2D eigenvalue weighted by Crippen LogP contribution is -2.34. The van der Waals surface area contributed by atoms with Gasteiger partial charge in [0.25, 0.3) is 0 Å². The highest BCUT2D eigenvalue weighted by molar-refractivity contribution is 7.92. The van der Waals surface area contributed by atoms with Crippen molar-refractivity contribution < 1.29 is 22.7 Å². The van der Waals surface area contributed by atoms with Crippen molar-refractivity contribution >= 4 is 45.1 Å². The predicted octanol–water partition coefficient (Wildman–Crippen LogP) is 3.49. The van der Waals surface area contributed by atoms with Crippen LogP contribution in [-0.4, -0.2) is 39.6 Å². The summed E-state index contributed by atoms with van der Waals surface area (Å²) in [6.45, 7) is 0.0368. The number of nitrogens with zero attached hydrogens (tertiary/aromatic N) is 1. The molecule has 0 unspecified atom stereocenters. The maximum atomic E-state index is 12.4. The number of carbonyl (C=O) groups excluding carboxylic acids is 2. The SMILES string of the molecule is CS(=O)(=O)N1CCCc2cc(C(=O)COC(=O)/C=C/c3ccc(Cl)cc3)ccc21. The Hall–Kier alpha value is -2.64. The molecule has 0 bridgehead atoms. The monoisotopic (exact) mass is 433 g/mol. The van der Waals surface area contributed by atoms with Gasteiger partial charge in [-0.3, -0.25) is 9.10 Å². The summed E-state index contributed by atoms with van der Waals surface area (Å²) in [6.07, 6.45) is 5.35. The second kappa shape index (κ2) is 8.80. The van der Waals surface area contributed by atoms with Crippen LogP contribution in [0.25, 0.3) is 6.08 Å². The lowest BCUT2D eigenvalue weighted by molar-refractivity contribution is -0.136. The van der Waals surface area contributed by atoms with Gasteiger partial charge in [-0.15, -0.1) is 0 Å². The summed E-state index contributed by atoms with van der Waals surface area (Å²) in [5.41, 5.74) is 2.55. The van der Waals surface area contributed by atoms with Gasteiger partial charge >= 0.3 is 5.97 Å². The second-order valence-electron chi connectivity index (χ2n) is 6.70. The van der Waals surface area contributed by atoms with Gasteiger partial charge in [-0.25, -0.2) is 13.2 Å². The highest BCUT2D eigenvalue weighted by atomic mass is 35.5. The van der Waals surface area contributed by atoms with Gasteiger partial charge in [0.2, 0.25) is 10.0 Å². The third kappa shape index (κ3) is 5.46. The standard InChI is InChI=1S/C21H20ClNO5S/c1-29(26,27)23-12-2-3-16-13-17(7-10-19(16)23)20(24)14-28-21(25)11-6-15-4-8-18(22)9-5-15/h4-11,13H,2-3,12,14H2,1H3/b11-6+. The Morgan fingerprint density at radius 2 is 1.90 bits per heavy atom. The molecule has 1 aliphatic heterocycles. The zero-order valence-corrected chi connectivity index (χ0v) is 17.4. The summed E-state index contributed by atoms with van der Waals surface area (Å²) < 4.78 is 30.2. The summed E-state index contributed by atoms with van der Waals surface area (Å²) in [5.74, 6) is -0.980. The molecule has 0 aromatic heterocycles. The number of hydrogen-bond acceptors (Lipinski definition) is 5. The molecule has 0 aliphatic carbocycles. The number of fused-ring (bicyclic) bond motifs is 1. The zero-order valence-electron chi connectivity index (χ0n) is 15.8. The number of aryl methyl sites for hydroxylation is 1. The van der Waals surface area contributed by atoms with E-state index in [0.717, 1.165) is 17.4 Å². The van der Waals surface area contributed by atoms with Gasteiger partial charge < -0.3 is 4.74 Å². The Morgan fingerprint density at radius 1 is 1.17 bits per heavy atom. The maximum Gasteiger partial charge on any atom is 0.331 e. The number of benzene rings is 2. The Morgan fingerprint density at radius 3 is 2.59 bits per heavy atom. The number of halogens is 1. The molecule has 0 fully saturated rings. The molecule has 2 aromatic carbocycles. The van der Waals surface area contributed by atoms with E-state index in [1.54, 1.807) is 48.5 Å². The molecule has 1 heterocycles. The minimum Gasteiger partial charge on any atom is -0.454 e. The average Bonchev–Trinajstić information content (AvgIpc) is 2.70. The Balaban J connectivity index is 1.62. The quantitative estimate of drug-likeness (QED) is 0.395. The van der Waals surface area contributed by atoms with Gasteiger partial charge in [-0.05, 0) is 60.4 Å². The smallest absolute Gasteiger partial charge is 0.331 e. The minimum atomic E-state index is -3.36. The van der Waals surface area contributed by atoms with Gasteiger partial charge in [0.15, 0.2) is 12.4 Å². The zero-order chi connectivity index (χ0) is 21.0. The average molecular weight is 434 g/mol. The van der Waals surface area contributed by atoms with Crippen molar-refractivity contribution in [1.29, 1.82) is 0 Å². The van der Waals surface area contributed by atoms with Crippen LogP contribution in [0.15, 0.2) is 48.5 Å². The molecule has 0 N–H and O–H groups in total. The van der Waals surface area contributed by atoms with Crippen LogP contribution >= 0.6 is 11.6 Å². The van der Waals surface area contributed by atoms with E-state index >= 15 is 0 Å². The maximum absolute atomic E-state index is 12.4. The van der Waals surface area contributed by atoms with Crippen molar-refractivity contribution in [2.45, 2.75) is 12.8 Å². The van der Waals surface area contributed by atoms with E-state index in [1.165, 1.54) is 10.4 Å². The Labute approximate surface area is 174 Å². The lowest BCUT2D eigenvalue weighted by atomic mass is 9.99. The molecule has 29 heavy (non-hydrogen) atoms. The van der Waals surface area contributed by atoms with Gasteiger partial charge in [-0.2, -0.15) is 0 Å². The first-order valence-electron chi connectivity index (χ1n) is 8.98. The van der Waals surface area contributed by atoms with Crippen molar-refractivity contribution in [3.63, 3.8) is 0 Å². The molecule has 0 saturated heterocycles. The number of ether oxygens (including phenoxy) is 1. The van der Waals surface area contributed by atoms with Gasteiger partial charge in [0.05, 0.1) is 11.9 Å². The van der Waals surface area contributed by atoms with Crippen LogP contribution in [0.5, 0.6) is 0 Å². The van der Waals surface area contributed by atoms with Gasteiger partial charge in [0.1, 0.15) is 0 Å². The minimum absolute atomic E-state index is 0.350. The highest BCUT2D eigenvalue weighted by Gasteiger charge is 2.24. The molecular formula is C21H20ClNO5S. The topological polar surface area (TPSA) is 80.8 Å². The van der Waals surface area contributed by atoms with Crippen molar-refractivity contribution in [3.8, 4) is 0 Å². The number of ketones is 1. The van der Waals surface area contributed by atoms with Crippen LogP contribution in [0.2, 0.25) is 5.02 Å². The number of esters is 1. The van der Waals surface area contributed by atoms with E-state index in [2.05, 4.69) is 0 Å². The van der Waals surface area contributed by atoms with Gasteiger partial charge in [0, 0.05) is 23.2 Å². The second-order valence-corrected chi connectivity index (χ2v) is 9.04. The summed E-state index contributed by atoms with van der Waals surface area (Å²) >= 11 is 5.81. The van der Waals surface area contributed by atoms with Crippen molar-refractivity contribution in [2.75, 3.05) is 23.7 Å². The molecule has 0 atom stereocenters.